The van der Waals surface area contributed by atoms with Crippen LogP contribution in [-0.4, -0.2) is 27.1 Å². The Kier molecular flexibility index (Phi) is 4.01. The van der Waals surface area contributed by atoms with Gasteiger partial charge in [0.1, 0.15) is 10.8 Å². The van der Waals surface area contributed by atoms with Gasteiger partial charge in [-0.3, -0.25) is 4.79 Å². The highest BCUT2D eigenvalue weighted by Gasteiger charge is 2.21. The van der Waals surface area contributed by atoms with Crippen LogP contribution in [0.5, 0.6) is 17.2 Å². The highest BCUT2D eigenvalue weighted by atomic mass is 35.5. The van der Waals surface area contributed by atoms with Crippen molar-refractivity contribution in [1.82, 2.24) is 0 Å². The fourth-order valence-corrected chi connectivity index (χ4v) is 1.81. The summed E-state index contributed by atoms with van der Waals surface area (Å²) in [5.41, 5.74) is 0.293. The van der Waals surface area contributed by atoms with Crippen molar-refractivity contribution in [2.24, 2.45) is 0 Å². The molecule has 0 heterocycles. The van der Waals surface area contributed by atoms with Crippen molar-refractivity contribution < 1.29 is 19.0 Å². The van der Waals surface area contributed by atoms with E-state index in [4.69, 9.17) is 25.8 Å². The molecule has 0 radical (unpaired) electrons. The molecule has 1 rings (SSSR count). The van der Waals surface area contributed by atoms with Crippen LogP contribution in [0.4, 0.5) is 0 Å². The van der Waals surface area contributed by atoms with Gasteiger partial charge in [-0.15, -0.1) is 0 Å². The first kappa shape index (κ1) is 12.6. The second-order valence-corrected chi connectivity index (χ2v) is 3.44. The maximum Gasteiger partial charge on any atom is 0.180 e. The molecule has 1 aromatic carbocycles. The second kappa shape index (κ2) is 5.07. The van der Waals surface area contributed by atoms with Crippen LogP contribution in [0, 0.1) is 0 Å². The van der Waals surface area contributed by atoms with Crippen LogP contribution < -0.4 is 14.2 Å². The number of Topliss-reactive ketones (excluding diaryl/α,β-unsaturated/α-hetero) is 1. The number of benzene rings is 1. The largest absolute Gasteiger partial charge is 0.496 e. The number of halogens is 1. The summed E-state index contributed by atoms with van der Waals surface area (Å²) in [5, 5.41) is 0.200. The van der Waals surface area contributed by atoms with Crippen molar-refractivity contribution in [3.63, 3.8) is 0 Å². The summed E-state index contributed by atoms with van der Waals surface area (Å²) >= 11 is 6.07. The summed E-state index contributed by atoms with van der Waals surface area (Å²) in [5.74, 6) is 0.933. The fraction of sp³-hybridized carbons (Fsp3) is 0.364. The number of ketones is 1. The summed E-state index contributed by atoms with van der Waals surface area (Å²) in [6.45, 7) is 1.41. The Morgan fingerprint density at radius 1 is 1.12 bits per heavy atom. The van der Waals surface area contributed by atoms with Gasteiger partial charge in [0, 0.05) is 6.07 Å². The van der Waals surface area contributed by atoms with Crippen LogP contribution in [0.25, 0.3) is 0 Å². The number of rotatable bonds is 4. The third kappa shape index (κ3) is 2.07. The molecule has 0 saturated heterocycles. The zero-order chi connectivity index (χ0) is 12.3. The molecule has 0 amide bonds. The Bertz CT molecular complexity index is 415. The van der Waals surface area contributed by atoms with Gasteiger partial charge < -0.3 is 14.2 Å². The number of carbonyl (C=O) groups excluding carboxylic acids is 1. The normalized spacial score (nSPS) is 9.81. The van der Waals surface area contributed by atoms with Crippen molar-refractivity contribution >= 4 is 17.4 Å². The summed E-state index contributed by atoms with van der Waals surface area (Å²) < 4.78 is 15.3. The first-order valence-electron chi connectivity index (χ1n) is 4.56. The van der Waals surface area contributed by atoms with Gasteiger partial charge in [-0.05, 0) is 6.92 Å². The van der Waals surface area contributed by atoms with E-state index in [0.717, 1.165) is 0 Å². The number of methoxy groups -OCH3 is 3. The lowest BCUT2D eigenvalue weighted by Gasteiger charge is -2.14. The Labute approximate surface area is 99.1 Å². The van der Waals surface area contributed by atoms with E-state index in [-0.39, 0.29) is 10.8 Å². The minimum atomic E-state index is -0.192. The van der Waals surface area contributed by atoms with Crippen molar-refractivity contribution in [1.29, 1.82) is 0 Å². The van der Waals surface area contributed by atoms with E-state index in [0.29, 0.717) is 22.8 Å². The predicted octanol–water partition coefficient (Wildman–Crippen LogP) is 2.57. The average molecular weight is 245 g/mol. The minimum absolute atomic E-state index is 0.192. The zero-order valence-corrected chi connectivity index (χ0v) is 10.3. The molecule has 0 bridgehead atoms. The molecule has 0 aliphatic carbocycles. The first-order valence-corrected chi connectivity index (χ1v) is 4.94. The molecule has 1 aromatic rings. The van der Waals surface area contributed by atoms with Gasteiger partial charge in [0.25, 0.3) is 0 Å². The van der Waals surface area contributed by atoms with Gasteiger partial charge in [0.15, 0.2) is 17.3 Å². The second-order valence-electron chi connectivity index (χ2n) is 3.06. The molecular formula is C11H13ClO4. The molecule has 0 spiro atoms. The van der Waals surface area contributed by atoms with Gasteiger partial charge in [-0.25, -0.2) is 0 Å². The third-order valence-electron chi connectivity index (χ3n) is 2.15. The Balaban J connectivity index is 3.55. The van der Waals surface area contributed by atoms with Crippen molar-refractivity contribution in [3.05, 3.63) is 16.7 Å². The molecule has 0 atom stereocenters. The molecule has 88 valence electrons. The van der Waals surface area contributed by atoms with Gasteiger partial charge in [0.2, 0.25) is 0 Å². The molecule has 0 unspecified atom stereocenters. The van der Waals surface area contributed by atoms with Crippen LogP contribution in [-0.2, 0) is 0 Å². The highest BCUT2D eigenvalue weighted by molar-refractivity contribution is 6.36. The van der Waals surface area contributed by atoms with Crippen LogP contribution in [0.3, 0.4) is 0 Å². The Hall–Kier alpha value is -1.42. The number of hydrogen-bond acceptors (Lipinski definition) is 4. The Morgan fingerprint density at radius 2 is 1.69 bits per heavy atom. The summed E-state index contributed by atoms with van der Waals surface area (Å²) in [6.07, 6.45) is 0. The third-order valence-corrected chi connectivity index (χ3v) is 2.51. The maximum atomic E-state index is 11.5. The maximum absolute atomic E-state index is 11.5. The van der Waals surface area contributed by atoms with Crippen LogP contribution in [0.15, 0.2) is 6.07 Å². The molecule has 0 fully saturated rings. The van der Waals surface area contributed by atoms with E-state index in [1.54, 1.807) is 6.07 Å². The number of ether oxygens (including phenoxy) is 3. The molecule has 4 nitrogen and oxygen atoms in total. The molecule has 16 heavy (non-hydrogen) atoms. The van der Waals surface area contributed by atoms with E-state index in [2.05, 4.69) is 0 Å². The van der Waals surface area contributed by atoms with Crippen molar-refractivity contribution in [2.75, 3.05) is 21.3 Å². The quantitative estimate of drug-likeness (QED) is 0.764. The molecule has 0 saturated carbocycles. The van der Waals surface area contributed by atoms with Crippen LogP contribution in [0.2, 0.25) is 5.02 Å². The molecule has 5 heteroatoms. The number of carbonyl (C=O) groups is 1. The summed E-state index contributed by atoms with van der Waals surface area (Å²) in [6, 6.07) is 1.57. The predicted molar refractivity (Wildman–Crippen MR) is 61.1 cm³/mol. The van der Waals surface area contributed by atoms with E-state index in [1.165, 1.54) is 28.3 Å². The van der Waals surface area contributed by atoms with E-state index in [1.807, 2.05) is 0 Å². The van der Waals surface area contributed by atoms with Crippen LogP contribution in [0.1, 0.15) is 17.3 Å². The molecule has 0 aliphatic heterocycles. The van der Waals surface area contributed by atoms with Crippen molar-refractivity contribution in [2.45, 2.75) is 6.92 Å². The van der Waals surface area contributed by atoms with E-state index < -0.39 is 0 Å². The SMILES string of the molecule is COc1cc(OC)c(C(C)=O)c(Cl)c1OC. The first-order chi connectivity index (χ1) is 7.56. The molecular weight excluding hydrogens is 232 g/mol. The lowest BCUT2D eigenvalue weighted by atomic mass is 10.1. The lowest BCUT2D eigenvalue weighted by Crippen LogP contribution is -2.02. The van der Waals surface area contributed by atoms with Gasteiger partial charge >= 0.3 is 0 Å². The smallest absolute Gasteiger partial charge is 0.180 e. The summed E-state index contributed by atoms with van der Waals surface area (Å²) in [7, 11) is 4.41. The van der Waals surface area contributed by atoms with E-state index >= 15 is 0 Å². The standard InChI is InChI=1S/C11H13ClO4/c1-6(13)9-7(14-2)5-8(15-3)11(16-4)10(9)12/h5H,1-4H3. The monoisotopic (exact) mass is 244 g/mol. The van der Waals surface area contributed by atoms with Crippen molar-refractivity contribution in [3.8, 4) is 17.2 Å². The summed E-state index contributed by atoms with van der Waals surface area (Å²) in [4.78, 5) is 11.5. The fourth-order valence-electron chi connectivity index (χ4n) is 1.42. The molecule has 0 aliphatic rings. The highest BCUT2D eigenvalue weighted by Crippen LogP contribution is 2.42. The van der Waals surface area contributed by atoms with Gasteiger partial charge in [0.05, 0.1) is 26.9 Å². The zero-order valence-electron chi connectivity index (χ0n) is 9.59. The molecule has 0 aromatic heterocycles. The minimum Gasteiger partial charge on any atom is -0.496 e. The average Bonchev–Trinajstić information content (AvgIpc) is 2.26. The van der Waals surface area contributed by atoms with Crippen LogP contribution >= 0.6 is 11.6 Å². The number of hydrogen-bond donors (Lipinski definition) is 0. The van der Waals surface area contributed by atoms with Gasteiger partial charge in [-0.1, -0.05) is 11.6 Å². The molecule has 0 N–H and O–H groups in total. The van der Waals surface area contributed by atoms with Gasteiger partial charge in [-0.2, -0.15) is 0 Å². The lowest BCUT2D eigenvalue weighted by molar-refractivity contribution is 0.101. The Morgan fingerprint density at radius 3 is 2.06 bits per heavy atom. The van der Waals surface area contributed by atoms with E-state index in [9.17, 15) is 4.79 Å². The topological polar surface area (TPSA) is 44.8 Å².